The van der Waals surface area contributed by atoms with Gasteiger partial charge in [-0.25, -0.2) is 4.79 Å². The second kappa shape index (κ2) is 3.94. The van der Waals surface area contributed by atoms with Crippen LogP contribution in [0.5, 0.6) is 0 Å². The lowest BCUT2D eigenvalue weighted by molar-refractivity contribution is 0.0535. The van der Waals surface area contributed by atoms with Gasteiger partial charge in [-0.05, 0) is 29.7 Å². The molecule has 3 rings (SSSR count). The molecule has 0 fully saturated rings. The smallest absolute Gasteiger partial charge is 0.338 e. The summed E-state index contributed by atoms with van der Waals surface area (Å²) in [6.07, 6.45) is 0. The zero-order valence-electron chi connectivity index (χ0n) is 8.84. The van der Waals surface area contributed by atoms with Crippen molar-refractivity contribution in [3.8, 4) is 11.3 Å². The fourth-order valence-electron chi connectivity index (χ4n) is 1.82. The average Bonchev–Trinajstić information content (AvgIpc) is 2.96. The minimum atomic E-state index is -0.263. The molecule has 0 radical (unpaired) electrons. The first-order valence-corrected chi connectivity index (χ1v) is 5.92. The van der Waals surface area contributed by atoms with E-state index in [1.807, 2.05) is 18.2 Å². The van der Waals surface area contributed by atoms with Crippen LogP contribution < -0.4 is 0 Å². The standard InChI is InChI=1S/C12H9NO3S/c14-5-9-4-11(13-17-9)7-1-2-10-8(3-7)6-16-12(10)15/h1-4,14H,5-6H2. The number of aliphatic hydroxyl groups excluding tert-OH is 1. The minimum Gasteiger partial charge on any atom is -0.457 e. The van der Waals surface area contributed by atoms with E-state index < -0.39 is 0 Å². The van der Waals surface area contributed by atoms with Gasteiger partial charge in [0.15, 0.2) is 0 Å². The molecule has 0 spiro atoms. The van der Waals surface area contributed by atoms with E-state index in [0.29, 0.717) is 12.2 Å². The van der Waals surface area contributed by atoms with Gasteiger partial charge in [0.2, 0.25) is 0 Å². The quantitative estimate of drug-likeness (QED) is 0.824. The van der Waals surface area contributed by atoms with Crippen molar-refractivity contribution in [2.75, 3.05) is 0 Å². The van der Waals surface area contributed by atoms with Gasteiger partial charge in [-0.3, -0.25) is 0 Å². The second-order valence-electron chi connectivity index (χ2n) is 3.78. The van der Waals surface area contributed by atoms with Gasteiger partial charge in [-0.2, -0.15) is 4.37 Å². The van der Waals surface area contributed by atoms with Crippen molar-refractivity contribution >= 4 is 17.5 Å². The van der Waals surface area contributed by atoms with Crippen LogP contribution in [0.15, 0.2) is 24.3 Å². The summed E-state index contributed by atoms with van der Waals surface area (Å²) in [5, 5.41) is 8.99. The highest BCUT2D eigenvalue weighted by Crippen LogP contribution is 2.27. The molecule has 0 saturated heterocycles. The Morgan fingerprint density at radius 1 is 1.41 bits per heavy atom. The molecule has 0 amide bonds. The number of hydrogen-bond acceptors (Lipinski definition) is 5. The molecule has 0 bridgehead atoms. The van der Waals surface area contributed by atoms with Crippen LogP contribution in [-0.4, -0.2) is 15.4 Å². The Kier molecular flexibility index (Phi) is 2.42. The lowest BCUT2D eigenvalue weighted by Gasteiger charge is -1.98. The molecule has 4 nitrogen and oxygen atoms in total. The Balaban J connectivity index is 2.02. The first-order chi connectivity index (χ1) is 8.28. The van der Waals surface area contributed by atoms with Crippen molar-refractivity contribution < 1.29 is 14.6 Å². The van der Waals surface area contributed by atoms with E-state index in [-0.39, 0.29) is 12.6 Å². The number of fused-ring (bicyclic) bond motifs is 1. The third-order valence-electron chi connectivity index (χ3n) is 2.69. The molecule has 1 aliphatic rings. The Hall–Kier alpha value is -1.72. The highest BCUT2D eigenvalue weighted by atomic mass is 32.1. The molecule has 0 atom stereocenters. The molecule has 0 unspecified atom stereocenters. The lowest BCUT2D eigenvalue weighted by atomic mass is 10.0. The maximum atomic E-state index is 11.3. The lowest BCUT2D eigenvalue weighted by Crippen LogP contribution is -1.92. The Morgan fingerprint density at radius 3 is 3.06 bits per heavy atom. The second-order valence-corrected chi connectivity index (χ2v) is 4.67. The number of rotatable bonds is 2. The zero-order valence-corrected chi connectivity index (χ0v) is 9.66. The van der Waals surface area contributed by atoms with Gasteiger partial charge in [0.25, 0.3) is 0 Å². The van der Waals surface area contributed by atoms with E-state index in [1.54, 1.807) is 6.07 Å². The molecule has 86 valence electrons. The Bertz CT molecular complexity index is 591. The third kappa shape index (κ3) is 1.73. The zero-order chi connectivity index (χ0) is 11.8. The molecule has 17 heavy (non-hydrogen) atoms. The van der Waals surface area contributed by atoms with Gasteiger partial charge in [0.05, 0.1) is 22.7 Å². The molecule has 0 aliphatic carbocycles. The van der Waals surface area contributed by atoms with Crippen molar-refractivity contribution in [3.63, 3.8) is 0 Å². The van der Waals surface area contributed by atoms with Crippen molar-refractivity contribution in [1.82, 2.24) is 4.37 Å². The summed E-state index contributed by atoms with van der Waals surface area (Å²) in [4.78, 5) is 12.1. The summed E-state index contributed by atoms with van der Waals surface area (Å²) in [6.45, 7) is 0.337. The van der Waals surface area contributed by atoms with E-state index in [9.17, 15) is 4.79 Å². The third-order valence-corrected chi connectivity index (χ3v) is 3.46. The molecule has 1 aromatic carbocycles. The molecular weight excluding hydrogens is 238 g/mol. The number of aromatic nitrogens is 1. The number of ether oxygens (including phenoxy) is 1. The summed E-state index contributed by atoms with van der Waals surface area (Å²) in [5.41, 5.74) is 3.29. The van der Waals surface area contributed by atoms with Gasteiger partial charge >= 0.3 is 5.97 Å². The fourth-order valence-corrected chi connectivity index (χ4v) is 2.41. The largest absolute Gasteiger partial charge is 0.457 e. The topological polar surface area (TPSA) is 59.4 Å². The fraction of sp³-hybridized carbons (Fsp3) is 0.167. The molecule has 2 heterocycles. The first-order valence-electron chi connectivity index (χ1n) is 5.15. The van der Waals surface area contributed by atoms with E-state index in [4.69, 9.17) is 9.84 Å². The molecule has 5 heteroatoms. The van der Waals surface area contributed by atoms with Crippen molar-refractivity contribution in [3.05, 3.63) is 40.3 Å². The molecule has 1 N–H and O–H groups in total. The van der Waals surface area contributed by atoms with Crippen molar-refractivity contribution in [2.45, 2.75) is 13.2 Å². The van der Waals surface area contributed by atoms with E-state index in [0.717, 1.165) is 21.7 Å². The summed E-state index contributed by atoms with van der Waals surface area (Å²) in [5.74, 6) is -0.263. The van der Waals surface area contributed by atoms with Gasteiger partial charge in [0, 0.05) is 11.1 Å². The summed E-state index contributed by atoms with van der Waals surface area (Å²) >= 11 is 1.28. The highest BCUT2D eigenvalue weighted by molar-refractivity contribution is 7.06. The number of carbonyl (C=O) groups is 1. The summed E-state index contributed by atoms with van der Waals surface area (Å²) in [7, 11) is 0. The maximum Gasteiger partial charge on any atom is 0.338 e. The van der Waals surface area contributed by atoms with Gasteiger partial charge in [0.1, 0.15) is 6.61 Å². The van der Waals surface area contributed by atoms with Crippen LogP contribution >= 0.6 is 11.5 Å². The first kappa shape index (κ1) is 10.4. The molecule has 2 aromatic rings. The van der Waals surface area contributed by atoms with E-state index in [2.05, 4.69) is 4.37 Å². The Morgan fingerprint density at radius 2 is 2.29 bits per heavy atom. The summed E-state index contributed by atoms with van der Waals surface area (Å²) < 4.78 is 9.20. The monoisotopic (exact) mass is 247 g/mol. The van der Waals surface area contributed by atoms with Crippen LogP contribution in [0.1, 0.15) is 20.8 Å². The van der Waals surface area contributed by atoms with Gasteiger partial charge in [-0.15, -0.1) is 0 Å². The van der Waals surface area contributed by atoms with Crippen molar-refractivity contribution in [2.24, 2.45) is 0 Å². The van der Waals surface area contributed by atoms with Crippen LogP contribution in [0.25, 0.3) is 11.3 Å². The van der Waals surface area contributed by atoms with Crippen LogP contribution in [-0.2, 0) is 18.0 Å². The predicted molar refractivity (Wildman–Crippen MR) is 62.6 cm³/mol. The predicted octanol–water partition coefficient (Wildman–Crippen LogP) is 1.97. The molecule has 1 aromatic heterocycles. The SMILES string of the molecule is O=C1OCc2cc(-c3cc(CO)sn3)ccc21. The van der Waals surface area contributed by atoms with Crippen LogP contribution in [0.4, 0.5) is 0 Å². The van der Waals surface area contributed by atoms with Crippen LogP contribution in [0.3, 0.4) is 0 Å². The highest BCUT2D eigenvalue weighted by Gasteiger charge is 2.21. The number of carbonyl (C=O) groups excluding carboxylic acids is 1. The maximum absolute atomic E-state index is 11.3. The number of esters is 1. The molecular formula is C12H9NO3S. The number of nitrogens with zero attached hydrogens (tertiary/aromatic N) is 1. The van der Waals surface area contributed by atoms with E-state index >= 15 is 0 Å². The molecule has 0 saturated carbocycles. The normalized spacial score (nSPS) is 13.6. The number of cyclic esters (lactones) is 1. The minimum absolute atomic E-state index is 0.00417. The molecule has 1 aliphatic heterocycles. The van der Waals surface area contributed by atoms with Crippen LogP contribution in [0, 0.1) is 0 Å². The van der Waals surface area contributed by atoms with E-state index in [1.165, 1.54) is 11.5 Å². The summed E-state index contributed by atoms with van der Waals surface area (Å²) in [6, 6.07) is 7.38. The number of hydrogen-bond donors (Lipinski definition) is 1. The van der Waals surface area contributed by atoms with Gasteiger partial charge < -0.3 is 9.84 Å². The van der Waals surface area contributed by atoms with Crippen LogP contribution in [0.2, 0.25) is 0 Å². The van der Waals surface area contributed by atoms with Gasteiger partial charge in [-0.1, -0.05) is 6.07 Å². The number of aliphatic hydroxyl groups is 1. The average molecular weight is 247 g/mol. The number of benzene rings is 1. The van der Waals surface area contributed by atoms with Crippen molar-refractivity contribution in [1.29, 1.82) is 0 Å². The Labute approximate surface area is 102 Å².